The second-order valence-corrected chi connectivity index (χ2v) is 4.99. The molecule has 3 rings (SSSR count). The molecule has 5 nitrogen and oxygen atoms in total. The zero-order chi connectivity index (χ0) is 15.4. The number of nitrogens with one attached hydrogen (secondary N) is 2. The van der Waals surface area contributed by atoms with Gasteiger partial charge in [0.05, 0.1) is 11.8 Å². The largest absolute Gasteiger partial charge is 0.335 e. The van der Waals surface area contributed by atoms with Gasteiger partial charge >= 0.3 is 6.03 Å². The molecule has 0 aliphatic carbocycles. The van der Waals surface area contributed by atoms with E-state index in [1.807, 2.05) is 48.5 Å². The van der Waals surface area contributed by atoms with E-state index in [0.29, 0.717) is 11.3 Å². The number of urea groups is 1. The van der Waals surface area contributed by atoms with Crippen molar-refractivity contribution >= 4 is 17.5 Å². The summed E-state index contributed by atoms with van der Waals surface area (Å²) in [6, 6.07) is 17.7. The van der Waals surface area contributed by atoms with Gasteiger partial charge in [-0.1, -0.05) is 60.7 Å². The lowest BCUT2D eigenvalue weighted by Gasteiger charge is -2.24. The lowest BCUT2D eigenvalue weighted by molar-refractivity contribution is 0.0977. The van der Waals surface area contributed by atoms with Gasteiger partial charge in [-0.05, 0) is 5.56 Å². The number of hydrazone groups is 1. The second kappa shape index (κ2) is 6.22. The van der Waals surface area contributed by atoms with Crippen LogP contribution in [0.4, 0.5) is 4.79 Å². The molecule has 1 aliphatic heterocycles. The summed E-state index contributed by atoms with van der Waals surface area (Å²) in [5.74, 6) is -0.0311. The Kier molecular flexibility index (Phi) is 3.96. The predicted octanol–water partition coefficient (Wildman–Crippen LogP) is 2.35. The SMILES string of the molecule is O=C1NN=C(c2ccccc2)C(CC(=O)c2ccccc2)N1. The third-order valence-corrected chi connectivity index (χ3v) is 3.47. The van der Waals surface area contributed by atoms with Crippen LogP contribution in [0.1, 0.15) is 22.3 Å². The molecule has 110 valence electrons. The molecular weight excluding hydrogens is 278 g/mol. The van der Waals surface area contributed by atoms with Crippen molar-refractivity contribution in [2.24, 2.45) is 5.10 Å². The van der Waals surface area contributed by atoms with Crippen molar-refractivity contribution in [3.8, 4) is 0 Å². The molecule has 2 amide bonds. The molecule has 1 aliphatic rings. The van der Waals surface area contributed by atoms with E-state index in [1.165, 1.54) is 0 Å². The van der Waals surface area contributed by atoms with E-state index in [2.05, 4.69) is 15.8 Å². The number of nitrogens with zero attached hydrogens (tertiary/aromatic N) is 1. The number of carbonyl (C=O) groups is 2. The maximum absolute atomic E-state index is 12.4. The zero-order valence-corrected chi connectivity index (χ0v) is 11.8. The van der Waals surface area contributed by atoms with E-state index < -0.39 is 12.1 Å². The number of benzene rings is 2. The van der Waals surface area contributed by atoms with Crippen molar-refractivity contribution in [1.82, 2.24) is 10.7 Å². The van der Waals surface area contributed by atoms with Crippen LogP contribution in [0.15, 0.2) is 65.8 Å². The maximum atomic E-state index is 12.4. The summed E-state index contributed by atoms with van der Waals surface area (Å²) < 4.78 is 0. The fraction of sp³-hybridized carbons (Fsp3) is 0.118. The molecule has 2 N–H and O–H groups in total. The second-order valence-electron chi connectivity index (χ2n) is 4.99. The highest BCUT2D eigenvalue weighted by atomic mass is 16.2. The fourth-order valence-electron chi connectivity index (χ4n) is 2.40. The molecule has 22 heavy (non-hydrogen) atoms. The normalized spacial score (nSPS) is 17.2. The highest BCUT2D eigenvalue weighted by molar-refractivity contribution is 6.10. The summed E-state index contributed by atoms with van der Waals surface area (Å²) in [6.07, 6.45) is 0.172. The first kappa shape index (κ1) is 14.0. The Bertz CT molecular complexity index is 711. The predicted molar refractivity (Wildman–Crippen MR) is 83.8 cm³/mol. The molecule has 0 saturated carbocycles. The Morgan fingerprint density at radius 1 is 1.00 bits per heavy atom. The molecule has 1 atom stereocenters. The van der Waals surface area contributed by atoms with E-state index in [9.17, 15) is 9.59 Å². The van der Waals surface area contributed by atoms with Crippen LogP contribution in [-0.2, 0) is 0 Å². The first-order valence-electron chi connectivity index (χ1n) is 7.02. The van der Waals surface area contributed by atoms with Crippen LogP contribution in [-0.4, -0.2) is 23.6 Å². The number of amides is 2. The quantitative estimate of drug-likeness (QED) is 0.849. The molecule has 1 heterocycles. The summed E-state index contributed by atoms with van der Waals surface area (Å²) in [4.78, 5) is 23.9. The minimum atomic E-state index is -0.441. The molecule has 0 spiro atoms. The van der Waals surface area contributed by atoms with Gasteiger partial charge in [-0.25, -0.2) is 10.2 Å². The summed E-state index contributed by atoms with van der Waals surface area (Å²) in [5.41, 5.74) is 4.56. The Morgan fingerprint density at radius 3 is 2.32 bits per heavy atom. The molecule has 0 fully saturated rings. The maximum Gasteiger partial charge on any atom is 0.335 e. The number of hydrogen-bond acceptors (Lipinski definition) is 3. The minimum absolute atomic E-state index is 0.0311. The van der Waals surface area contributed by atoms with E-state index >= 15 is 0 Å². The first-order chi connectivity index (χ1) is 10.7. The molecule has 0 radical (unpaired) electrons. The van der Waals surface area contributed by atoms with Gasteiger partial charge in [0.2, 0.25) is 0 Å². The number of ketones is 1. The minimum Gasteiger partial charge on any atom is -0.328 e. The van der Waals surface area contributed by atoms with Crippen LogP contribution < -0.4 is 10.7 Å². The van der Waals surface area contributed by atoms with Crippen LogP contribution in [0.25, 0.3) is 0 Å². The lowest BCUT2D eigenvalue weighted by atomic mass is 9.96. The Balaban J connectivity index is 1.84. The summed E-state index contributed by atoms with van der Waals surface area (Å²) in [7, 11) is 0. The Morgan fingerprint density at radius 2 is 1.64 bits per heavy atom. The van der Waals surface area contributed by atoms with E-state index in [0.717, 1.165) is 5.56 Å². The number of hydrogen-bond donors (Lipinski definition) is 2. The lowest BCUT2D eigenvalue weighted by Crippen LogP contribution is -2.51. The number of rotatable bonds is 4. The van der Waals surface area contributed by atoms with Crippen molar-refractivity contribution in [1.29, 1.82) is 0 Å². The van der Waals surface area contributed by atoms with Crippen LogP contribution in [0.3, 0.4) is 0 Å². The van der Waals surface area contributed by atoms with Crippen molar-refractivity contribution in [2.75, 3.05) is 0 Å². The smallest absolute Gasteiger partial charge is 0.328 e. The van der Waals surface area contributed by atoms with Gasteiger partial charge in [0.25, 0.3) is 0 Å². The van der Waals surface area contributed by atoms with Crippen LogP contribution in [0.2, 0.25) is 0 Å². The first-order valence-corrected chi connectivity index (χ1v) is 7.02. The van der Waals surface area contributed by atoms with E-state index in [-0.39, 0.29) is 12.2 Å². The molecule has 2 aromatic carbocycles. The summed E-state index contributed by atoms with van der Waals surface area (Å²) >= 11 is 0. The van der Waals surface area contributed by atoms with Gasteiger partial charge in [-0.2, -0.15) is 5.10 Å². The van der Waals surface area contributed by atoms with Gasteiger partial charge in [-0.3, -0.25) is 4.79 Å². The fourth-order valence-corrected chi connectivity index (χ4v) is 2.40. The monoisotopic (exact) mass is 293 g/mol. The van der Waals surface area contributed by atoms with Gasteiger partial charge in [0, 0.05) is 12.0 Å². The van der Waals surface area contributed by atoms with Crippen molar-refractivity contribution in [3.05, 3.63) is 71.8 Å². The van der Waals surface area contributed by atoms with Gasteiger partial charge < -0.3 is 5.32 Å². The van der Waals surface area contributed by atoms with Gasteiger partial charge in [0.1, 0.15) is 0 Å². The number of Topliss-reactive ketones (excluding diaryl/α,β-unsaturated/α-hetero) is 1. The standard InChI is InChI=1S/C17H15N3O2/c21-15(12-7-3-1-4-8-12)11-14-16(19-20-17(22)18-14)13-9-5-2-6-10-13/h1-10,14H,11H2,(H2,18,20,22). The van der Waals surface area contributed by atoms with E-state index in [1.54, 1.807) is 12.1 Å². The summed E-state index contributed by atoms with van der Waals surface area (Å²) in [5, 5.41) is 6.88. The molecular formula is C17H15N3O2. The third-order valence-electron chi connectivity index (χ3n) is 3.47. The number of carbonyl (C=O) groups excluding carboxylic acids is 2. The Labute approximate surface area is 128 Å². The molecule has 0 saturated heterocycles. The molecule has 0 aromatic heterocycles. The zero-order valence-electron chi connectivity index (χ0n) is 11.8. The molecule has 2 aromatic rings. The highest BCUT2D eigenvalue weighted by Gasteiger charge is 2.27. The highest BCUT2D eigenvalue weighted by Crippen LogP contribution is 2.13. The Hall–Kier alpha value is -2.95. The summed E-state index contributed by atoms with van der Waals surface area (Å²) in [6.45, 7) is 0. The van der Waals surface area contributed by atoms with Crippen molar-refractivity contribution in [2.45, 2.75) is 12.5 Å². The van der Waals surface area contributed by atoms with E-state index in [4.69, 9.17) is 0 Å². The topological polar surface area (TPSA) is 70.6 Å². The van der Waals surface area contributed by atoms with Crippen LogP contribution >= 0.6 is 0 Å². The van der Waals surface area contributed by atoms with Crippen molar-refractivity contribution < 1.29 is 9.59 Å². The van der Waals surface area contributed by atoms with Crippen molar-refractivity contribution in [3.63, 3.8) is 0 Å². The van der Waals surface area contributed by atoms with Gasteiger partial charge in [0.15, 0.2) is 5.78 Å². The molecule has 0 bridgehead atoms. The average molecular weight is 293 g/mol. The molecule has 5 heteroatoms. The van der Waals surface area contributed by atoms with Gasteiger partial charge in [-0.15, -0.1) is 0 Å². The average Bonchev–Trinajstić information content (AvgIpc) is 2.56. The third kappa shape index (κ3) is 3.03. The molecule has 1 unspecified atom stereocenters. The van der Waals surface area contributed by atoms with Crippen LogP contribution in [0.5, 0.6) is 0 Å². The van der Waals surface area contributed by atoms with Crippen LogP contribution in [0, 0.1) is 0 Å².